The minimum absolute atomic E-state index is 0.187. The molecule has 0 amide bonds. The fourth-order valence-corrected chi connectivity index (χ4v) is 3.33. The van der Waals surface area contributed by atoms with Crippen molar-refractivity contribution in [3.8, 4) is 0 Å². The molecule has 1 saturated carbocycles. The summed E-state index contributed by atoms with van der Waals surface area (Å²) >= 11 is 0. The van der Waals surface area contributed by atoms with Crippen LogP contribution in [0.25, 0.3) is 0 Å². The van der Waals surface area contributed by atoms with Crippen LogP contribution in [0.3, 0.4) is 0 Å². The third-order valence-corrected chi connectivity index (χ3v) is 4.37. The molecule has 0 radical (unpaired) electrons. The summed E-state index contributed by atoms with van der Waals surface area (Å²) < 4.78 is 0. The molecule has 0 saturated heterocycles. The van der Waals surface area contributed by atoms with Crippen LogP contribution in [0, 0.1) is 5.92 Å². The molecule has 3 heteroatoms. The highest BCUT2D eigenvalue weighted by atomic mass is 16.3. The van der Waals surface area contributed by atoms with Gasteiger partial charge in [0.2, 0.25) is 0 Å². The second-order valence-electron chi connectivity index (χ2n) is 5.73. The number of hydrogen-bond donors (Lipinski definition) is 2. The molecule has 18 heavy (non-hydrogen) atoms. The molecular formula is C15H31NO2. The lowest BCUT2D eigenvalue weighted by molar-refractivity contribution is 0.0570. The Labute approximate surface area is 112 Å². The average Bonchev–Trinajstić information content (AvgIpc) is 2.83. The first-order valence-corrected chi connectivity index (χ1v) is 7.74. The molecule has 1 rings (SSSR count). The molecule has 2 N–H and O–H groups in total. The van der Waals surface area contributed by atoms with E-state index < -0.39 is 0 Å². The molecule has 0 aromatic heterocycles. The smallest absolute Gasteiger partial charge is 0.0669 e. The van der Waals surface area contributed by atoms with Crippen molar-refractivity contribution >= 4 is 0 Å². The molecule has 1 fully saturated rings. The second kappa shape index (κ2) is 8.89. The van der Waals surface area contributed by atoms with Crippen LogP contribution < -0.4 is 0 Å². The van der Waals surface area contributed by atoms with Crippen molar-refractivity contribution in [2.45, 2.75) is 70.9 Å². The minimum atomic E-state index is -0.222. The number of rotatable bonds is 9. The summed E-state index contributed by atoms with van der Waals surface area (Å²) in [5.41, 5.74) is 0. The first-order valence-electron chi connectivity index (χ1n) is 7.74. The summed E-state index contributed by atoms with van der Waals surface area (Å²) in [6.07, 6.45) is 8.17. The van der Waals surface area contributed by atoms with Crippen molar-refractivity contribution in [2.75, 3.05) is 19.7 Å². The highest BCUT2D eigenvalue weighted by Gasteiger charge is 2.22. The average molecular weight is 257 g/mol. The zero-order chi connectivity index (χ0) is 13.4. The number of aliphatic hydroxyl groups is 2. The van der Waals surface area contributed by atoms with Gasteiger partial charge < -0.3 is 10.2 Å². The van der Waals surface area contributed by atoms with E-state index in [1.54, 1.807) is 0 Å². The first kappa shape index (κ1) is 15.9. The highest BCUT2D eigenvalue weighted by molar-refractivity contribution is 4.76. The fraction of sp³-hybridized carbons (Fsp3) is 1.00. The standard InChI is InChI=1S/C15H31NO2/c1-3-14(4-2)16(9-10-17)12-15(18)11-13-7-5-6-8-13/h13-15,17-18H,3-12H2,1-2H3. The monoisotopic (exact) mass is 257 g/mol. The number of nitrogens with zero attached hydrogens (tertiary/aromatic N) is 1. The van der Waals surface area contributed by atoms with Gasteiger partial charge in [0, 0.05) is 19.1 Å². The summed E-state index contributed by atoms with van der Waals surface area (Å²) in [4.78, 5) is 2.26. The van der Waals surface area contributed by atoms with Gasteiger partial charge in [-0.25, -0.2) is 0 Å². The Morgan fingerprint density at radius 2 is 1.78 bits per heavy atom. The molecule has 0 aromatic carbocycles. The van der Waals surface area contributed by atoms with Crippen LogP contribution in [0.4, 0.5) is 0 Å². The lowest BCUT2D eigenvalue weighted by Gasteiger charge is -2.32. The van der Waals surface area contributed by atoms with Crippen LogP contribution >= 0.6 is 0 Å². The zero-order valence-corrected chi connectivity index (χ0v) is 12.1. The molecule has 108 valence electrons. The topological polar surface area (TPSA) is 43.7 Å². The summed E-state index contributed by atoms with van der Waals surface area (Å²) in [5, 5.41) is 19.4. The molecule has 0 aromatic rings. The largest absolute Gasteiger partial charge is 0.395 e. The molecule has 1 unspecified atom stereocenters. The van der Waals surface area contributed by atoms with E-state index in [2.05, 4.69) is 18.7 Å². The van der Waals surface area contributed by atoms with Gasteiger partial charge in [0.05, 0.1) is 12.7 Å². The number of hydrogen-bond acceptors (Lipinski definition) is 3. The SMILES string of the molecule is CCC(CC)N(CCO)CC(O)CC1CCCC1. The maximum atomic E-state index is 10.2. The van der Waals surface area contributed by atoms with Crippen molar-refractivity contribution < 1.29 is 10.2 Å². The van der Waals surface area contributed by atoms with Crippen molar-refractivity contribution in [3.63, 3.8) is 0 Å². The molecule has 3 nitrogen and oxygen atoms in total. The van der Waals surface area contributed by atoms with E-state index in [0.717, 1.165) is 31.7 Å². The van der Waals surface area contributed by atoms with Gasteiger partial charge in [0.25, 0.3) is 0 Å². The van der Waals surface area contributed by atoms with Crippen molar-refractivity contribution in [1.29, 1.82) is 0 Å². The summed E-state index contributed by atoms with van der Waals surface area (Å²) in [7, 11) is 0. The van der Waals surface area contributed by atoms with Gasteiger partial charge in [-0.3, -0.25) is 4.90 Å². The van der Waals surface area contributed by atoms with E-state index in [1.165, 1.54) is 25.7 Å². The third-order valence-electron chi connectivity index (χ3n) is 4.37. The van der Waals surface area contributed by atoms with Gasteiger partial charge in [-0.05, 0) is 25.2 Å². The van der Waals surface area contributed by atoms with Gasteiger partial charge in [0.15, 0.2) is 0 Å². The Kier molecular flexibility index (Phi) is 7.87. The van der Waals surface area contributed by atoms with Gasteiger partial charge in [-0.2, -0.15) is 0 Å². The Morgan fingerprint density at radius 3 is 2.28 bits per heavy atom. The van der Waals surface area contributed by atoms with Crippen LogP contribution in [-0.2, 0) is 0 Å². The summed E-state index contributed by atoms with van der Waals surface area (Å²) in [6.45, 7) is 5.97. The quantitative estimate of drug-likeness (QED) is 0.666. The fourth-order valence-electron chi connectivity index (χ4n) is 3.33. The van der Waals surface area contributed by atoms with Crippen LogP contribution in [0.15, 0.2) is 0 Å². The van der Waals surface area contributed by atoms with Gasteiger partial charge >= 0.3 is 0 Å². The van der Waals surface area contributed by atoms with E-state index in [0.29, 0.717) is 12.6 Å². The van der Waals surface area contributed by atoms with Crippen LogP contribution in [0.5, 0.6) is 0 Å². The number of aliphatic hydroxyl groups excluding tert-OH is 2. The van der Waals surface area contributed by atoms with Crippen molar-refractivity contribution in [1.82, 2.24) is 4.90 Å². The molecule has 0 bridgehead atoms. The van der Waals surface area contributed by atoms with Crippen molar-refractivity contribution in [2.24, 2.45) is 5.92 Å². The van der Waals surface area contributed by atoms with Gasteiger partial charge in [-0.1, -0.05) is 39.5 Å². The molecule has 1 atom stereocenters. The van der Waals surface area contributed by atoms with Gasteiger partial charge in [-0.15, -0.1) is 0 Å². The maximum Gasteiger partial charge on any atom is 0.0669 e. The van der Waals surface area contributed by atoms with Crippen LogP contribution in [-0.4, -0.2) is 47.0 Å². The molecule has 0 heterocycles. The minimum Gasteiger partial charge on any atom is -0.395 e. The lowest BCUT2D eigenvalue weighted by Crippen LogP contribution is -2.42. The van der Waals surface area contributed by atoms with Gasteiger partial charge in [0.1, 0.15) is 0 Å². The molecule has 0 aliphatic heterocycles. The zero-order valence-electron chi connectivity index (χ0n) is 12.1. The molecule has 1 aliphatic carbocycles. The molecule has 1 aliphatic rings. The van der Waals surface area contributed by atoms with E-state index in [4.69, 9.17) is 5.11 Å². The summed E-state index contributed by atoms with van der Waals surface area (Å²) in [6, 6.07) is 0.496. The Morgan fingerprint density at radius 1 is 1.17 bits per heavy atom. The van der Waals surface area contributed by atoms with Crippen LogP contribution in [0.1, 0.15) is 58.8 Å². The molecular weight excluding hydrogens is 226 g/mol. The lowest BCUT2D eigenvalue weighted by atomic mass is 9.99. The van der Waals surface area contributed by atoms with Crippen molar-refractivity contribution in [3.05, 3.63) is 0 Å². The first-order chi connectivity index (χ1) is 8.71. The normalized spacial score (nSPS) is 19.0. The van der Waals surface area contributed by atoms with E-state index >= 15 is 0 Å². The molecule has 0 spiro atoms. The maximum absolute atomic E-state index is 10.2. The Hall–Kier alpha value is -0.120. The third kappa shape index (κ3) is 5.25. The predicted octanol–water partition coefficient (Wildman–Crippen LogP) is 2.41. The predicted molar refractivity (Wildman–Crippen MR) is 75.6 cm³/mol. The van der Waals surface area contributed by atoms with E-state index in [1.807, 2.05) is 0 Å². The van der Waals surface area contributed by atoms with E-state index in [-0.39, 0.29) is 12.7 Å². The Bertz CT molecular complexity index is 201. The Balaban J connectivity index is 2.37. The van der Waals surface area contributed by atoms with E-state index in [9.17, 15) is 5.11 Å². The highest BCUT2D eigenvalue weighted by Crippen LogP contribution is 2.28. The second-order valence-corrected chi connectivity index (χ2v) is 5.73. The van der Waals surface area contributed by atoms with Crippen LogP contribution in [0.2, 0.25) is 0 Å². The summed E-state index contributed by atoms with van der Waals surface area (Å²) in [5.74, 6) is 0.734.